The molecule has 1 saturated heterocycles. The van der Waals surface area contributed by atoms with Crippen LogP contribution in [0.2, 0.25) is 0 Å². The first-order valence-corrected chi connectivity index (χ1v) is 7.93. The molecule has 1 aliphatic heterocycles. The number of hydrogen-bond acceptors (Lipinski definition) is 3. The molecule has 0 spiro atoms. The maximum atomic E-state index is 11.8. The second-order valence-corrected chi connectivity index (χ2v) is 7.49. The van der Waals surface area contributed by atoms with Crippen LogP contribution in [0.25, 0.3) is 0 Å². The first kappa shape index (κ1) is 16.6. The highest BCUT2D eigenvalue weighted by Gasteiger charge is 2.36. The van der Waals surface area contributed by atoms with Crippen molar-refractivity contribution in [3.05, 3.63) is 0 Å². The van der Waals surface area contributed by atoms with Gasteiger partial charge in [-0.15, -0.1) is 6.42 Å². The van der Waals surface area contributed by atoms with E-state index in [1.807, 2.05) is 13.8 Å². The molecule has 1 heterocycles. The van der Waals surface area contributed by atoms with Gasteiger partial charge in [-0.1, -0.05) is 24.7 Å². The molecule has 0 bridgehead atoms. The second-order valence-electron chi connectivity index (χ2n) is 7.49. The minimum absolute atomic E-state index is 0.241. The Kier molecular flexibility index (Phi) is 4.66. The van der Waals surface area contributed by atoms with Crippen molar-refractivity contribution in [2.75, 3.05) is 0 Å². The fourth-order valence-electron chi connectivity index (χ4n) is 3.67. The SMILES string of the molecule is C#CC1(C)CC(=O)OC(CC#CC2(C)CC(=O)CC(C)C2)C1. The number of rotatable bonds is 1. The van der Waals surface area contributed by atoms with Crippen molar-refractivity contribution in [3.63, 3.8) is 0 Å². The van der Waals surface area contributed by atoms with Crippen LogP contribution in [0.1, 0.15) is 59.3 Å². The number of ether oxygens (including phenoxy) is 1. The van der Waals surface area contributed by atoms with E-state index in [2.05, 4.69) is 24.7 Å². The molecule has 0 aromatic heterocycles. The number of ketones is 1. The molecule has 3 heteroatoms. The third kappa shape index (κ3) is 4.14. The number of carbonyl (C=O) groups is 2. The zero-order chi connectivity index (χ0) is 16.4. The molecule has 1 aliphatic carbocycles. The molecular formula is C19H24O3. The van der Waals surface area contributed by atoms with Gasteiger partial charge in [0, 0.05) is 36.5 Å². The summed E-state index contributed by atoms with van der Waals surface area (Å²) >= 11 is 0. The highest BCUT2D eigenvalue weighted by atomic mass is 16.5. The van der Waals surface area contributed by atoms with Gasteiger partial charge in [0.05, 0.1) is 6.42 Å². The van der Waals surface area contributed by atoms with E-state index in [4.69, 9.17) is 11.2 Å². The van der Waals surface area contributed by atoms with Crippen LogP contribution in [-0.2, 0) is 14.3 Å². The Labute approximate surface area is 133 Å². The third-order valence-corrected chi connectivity index (χ3v) is 4.54. The van der Waals surface area contributed by atoms with E-state index in [9.17, 15) is 9.59 Å². The van der Waals surface area contributed by atoms with E-state index in [-0.39, 0.29) is 23.9 Å². The molecule has 4 atom stereocenters. The number of Topliss-reactive ketones (excluding diaryl/α,β-unsaturated/α-hetero) is 1. The molecule has 0 aromatic rings. The lowest BCUT2D eigenvalue weighted by molar-refractivity contribution is -0.158. The summed E-state index contributed by atoms with van der Waals surface area (Å²) in [4.78, 5) is 23.4. The van der Waals surface area contributed by atoms with Crippen molar-refractivity contribution in [2.24, 2.45) is 16.7 Å². The predicted molar refractivity (Wildman–Crippen MR) is 84.6 cm³/mol. The molecular weight excluding hydrogens is 276 g/mol. The van der Waals surface area contributed by atoms with Crippen LogP contribution in [0.15, 0.2) is 0 Å². The van der Waals surface area contributed by atoms with E-state index < -0.39 is 5.41 Å². The first-order valence-electron chi connectivity index (χ1n) is 7.93. The highest BCUT2D eigenvalue weighted by molar-refractivity contribution is 5.80. The van der Waals surface area contributed by atoms with Crippen molar-refractivity contribution in [2.45, 2.75) is 65.4 Å². The number of cyclic esters (lactones) is 1. The smallest absolute Gasteiger partial charge is 0.307 e. The molecule has 2 aliphatic rings. The van der Waals surface area contributed by atoms with Gasteiger partial charge in [0.25, 0.3) is 0 Å². The minimum atomic E-state index is -0.430. The predicted octanol–water partition coefficient (Wildman–Crippen LogP) is 3.12. The largest absolute Gasteiger partial charge is 0.461 e. The Balaban J connectivity index is 2.00. The van der Waals surface area contributed by atoms with Crippen LogP contribution in [0.4, 0.5) is 0 Å². The van der Waals surface area contributed by atoms with Crippen LogP contribution in [-0.4, -0.2) is 17.9 Å². The van der Waals surface area contributed by atoms with Crippen LogP contribution in [0.5, 0.6) is 0 Å². The summed E-state index contributed by atoms with van der Waals surface area (Å²) in [5.74, 6) is 9.53. The summed E-state index contributed by atoms with van der Waals surface area (Å²) in [6, 6.07) is 0. The summed E-state index contributed by atoms with van der Waals surface area (Å²) in [6.45, 7) is 6.06. The lowest BCUT2D eigenvalue weighted by Crippen LogP contribution is -2.35. The Bertz CT molecular complexity index is 574. The zero-order valence-corrected chi connectivity index (χ0v) is 13.7. The Morgan fingerprint density at radius 1 is 1.23 bits per heavy atom. The Morgan fingerprint density at radius 2 is 1.95 bits per heavy atom. The molecule has 3 nitrogen and oxygen atoms in total. The number of hydrogen-bond donors (Lipinski definition) is 0. The Morgan fingerprint density at radius 3 is 2.59 bits per heavy atom. The summed E-state index contributed by atoms with van der Waals surface area (Å²) < 4.78 is 5.34. The molecule has 0 radical (unpaired) electrons. The molecule has 2 fully saturated rings. The van der Waals surface area contributed by atoms with Gasteiger partial charge in [-0.3, -0.25) is 9.59 Å². The van der Waals surface area contributed by atoms with Gasteiger partial charge in [0.15, 0.2) is 0 Å². The quantitative estimate of drug-likeness (QED) is 0.552. The van der Waals surface area contributed by atoms with Gasteiger partial charge < -0.3 is 4.74 Å². The maximum Gasteiger partial charge on any atom is 0.307 e. The van der Waals surface area contributed by atoms with E-state index in [0.29, 0.717) is 37.4 Å². The number of esters is 1. The maximum absolute atomic E-state index is 11.8. The van der Waals surface area contributed by atoms with Crippen LogP contribution in [0, 0.1) is 40.9 Å². The van der Waals surface area contributed by atoms with E-state index in [0.717, 1.165) is 6.42 Å². The molecule has 1 saturated carbocycles. The number of carbonyl (C=O) groups excluding carboxylic acids is 2. The van der Waals surface area contributed by atoms with Crippen LogP contribution >= 0.6 is 0 Å². The van der Waals surface area contributed by atoms with Gasteiger partial charge >= 0.3 is 5.97 Å². The van der Waals surface area contributed by atoms with Gasteiger partial charge in [-0.05, 0) is 26.2 Å². The van der Waals surface area contributed by atoms with Crippen LogP contribution in [0.3, 0.4) is 0 Å². The summed E-state index contributed by atoms with van der Waals surface area (Å²) in [5.41, 5.74) is -0.677. The first-order chi connectivity index (χ1) is 10.2. The van der Waals surface area contributed by atoms with Crippen molar-refractivity contribution in [1.29, 1.82) is 0 Å². The summed E-state index contributed by atoms with van der Waals surface area (Å²) in [7, 11) is 0. The minimum Gasteiger partial charge on any atom is -0.461 e. The Hall–Kier alpha value is -1.74. The monoisotopic (exact) mass is 300 g/mol. The van der Waals surface area contributed by atoms with Gasteiger partial charge in [0.2, 0.25) is 0 Å². The fourth-order valence-corrected chi connectivity index (χ4v) is 3.67. The molecule has 0 amide bonds. The fraction of sp³-hybridized carbons (Fsp3) is 0.684. The van der Waals surface area contributed by atoms with Crippen LogP contribution < -0.4 is 0 Å². The molecule has 118 valence electrons. The average molecular weight is 300 g/mol. The topological polar surface area (TPSA) is 43.4 Å². The van der Waals surface area contributed by atoms with Crippen molar-refractivity contribution in [1.82, 2.24) is 0 Å². The number of terminal acetylenes is 1. The molecule has 0 N–H and O–H groups in total. The van der Waals surface area contributed by atoms with Crippen molar-refractivity contribution in [3.8, 4) is 24.2 Å². The zero-order valence-electron chi connectivity index (χ0n) is 13.7. The third-order valence-electron chi connectivity index (χ3n) is 4.54. The molecule has 2 rings (SSSR count). The molecule has 0 aromatic carbocycles. The highest BCUT2D eigenvalue weighted by Crippen LogP contribution is 2.37. The average Bonchev–Trinajstić information content (AvgIpc) is 2.35. The van der Waals surface area contributed by atoms with E-state index in [1.165, 1.54) is 0 Å². The van der Waals surface area contributed by atoms with E-state index in [1.54, 1.807) is 0 Å². The molecule has 22 heavy (non-hydrogen) atoms. The van der Waals surface area contributed by atoms with Crippen molar-refractivity contribution >= 4 is 11.8 Å². The standard InChI is InChI=1S/C19H24O3/c1-5-18(3)12-16(22-17(21)13-18)7-6-8-19(4)10-14(2)9-15(20)11-19/h1,14,16H,7,9-13H2,2-4H3. The van der Waals surface area contributed by atoms with Gasteiger partial charge in [0.1, 0.15) is 11.9 Å². The van der Waals surface area contributed by atoms with Gasteiger partial charge in [-0.25, -0.2) is 0 Å². The second kappa shape index (κ2) is 6.17. The summed E-state index contributed by atoms with van der Waals surface area (Å²) in [5, 5.41) is 0. The van der Waals surface area contributed by atoms with Gasteiger partial charge in [-0.2, -0.15) is 0 Å². The molecule has 4 unspecified atom stereocenters. The lowest BCUT2D eigenvalue weighted by atomic mass is 9.71. The van der Waals surface area contributed by atoms with E-state index >= 15 is 0 Å². The normalized spacial score (nSPS) is 38.5. The lowest BCUT2D eigenvalue weighted by Gasteiger charge is -2.33. The summed E-state index contributed by atoms with van der Waals surface area (Å²) in [6.07, 6.45) is 8.83. The van der Waals surface area contributed by atoms with Crippen molar-refractivity contribution < 1.29 is 14.3 Å².